The number of nitrogens with one attached hydrogen (secondary N) is 2. The Kier molecular flexibility index (Phi) is 3.23. The van der Waals surface area contributed by atoms with Crippen LogP contribution in [-0.2, 0) is 10.3 Å². The van der Waals surface area contributed by atoms with Gasteiger partial charge in [-0.1, -0.05) is 6.07 Å². The Morgan fingerprint density at radius 1 is 1.39 bits per heavy atom. The zero-order valence-corrected chi connectivity index (χ0v) is 14.0. The number of imidazole rings is 1. The summed E-state index contributed by atoms with van der Waals surface area (Å²) in [5, 5.41) is 6.64. The van der Waals surface area contributed by atoms with Crippen LogP contribution in [0.2, 0.25) is 0 Å². The zero-order valence-electron chi connectivity index (χ0n) is 14.0. The van der Waals surface area contributed by atoms with Crippen molar-refractivity contribution in [1.82, 2.24) is 20.0 Å². The van der Waals surface area contributed by atoms with Gasteiger partial charge in [0.05, 0.1) is 17.3 Å². The van der Waals surface area contributed by atoms with Gasteiger partial charge in [-0.3, -0.25) is 4.79 Å². The number of carbonyl (C=O) groups excluding carboxylic acids is 1. The van der Waals surface area contributed by atoms with Crippen molar-refractivity contribution in [2.45, 2.75) is 32.7 Å². The minimum atomic E-state index is -0.491. The van der Waals surface area contributed by atoms with Crippen molar-refractivity contribution in [3.63, 3.8) is 0 Å². The fourth-order valence-corrected chi connectivity index (χ4v) is 4.25. The van der Waals surface area contributed by atoms with E-state index in [0.29, 0.717) is 11.8 Å². The van der Waals surface area contributed by atoms with Gasteiger partial charge in [0.1, 0.15) is 5.82 Å². The molecule has 5 heteroatoms. The first-order valence-corrected chi connectivity index (χ1v) is 8.43. The molecular formula is C18H24N4O. The summed E-state index contributed by atoms with van der Waals surface area (Å²) in [5.41, 5.74) is 1.79. The Morgan fingerprint density at radius 2 is 2.13 bits per heavy atom. The molecule has 2 aromatic heterocycles. The van der Waals surface area contributed by atoms with E-state index < -0.39 is 5.54 Å². The van der Waals surface area contributed by atoms with E-state index in [1.165, 1.54) is 12.0 Å². The first-order chi connectivity index (χ1) is 11.0. The Labute approximate surface area is 136 Å². The third kappa shape index (κ3) is 2.26. The first-order valence-electron chi connectivity index (χ1n) is 8.43. The molecule has 1 saturated heterocycles. The number of hydrogen-bond acceptors (Lipinski definition) is 3. The SMILES string of the molecule is Cc1cccn2c(C(C)(C)NC(=O)C3C4CNCC3C4)ncc12. The number of aromatic nitrogens is 2. The molecule has 2 aliphatic rings. The lowest BCUT2D eigenvalue weighted by Crippen LogP contribution is -2.60. The van der Waals surface area contributed by atoms with Gasteiger partial charge in [-0.05, 0) is 63.7 Å². The molecule has 0 aromatic carbocycles. The highest BCUT2D eigenvalue weighted by molar-refractivity contribution is 5.81. The van der Waals surface area contributed by atoms with Crippen molar-refractivity contribution in [3.05, 3.63) is 35.9 Å². The predicted octanol–water partition coefficient (Wildman–Crippen LogP) is 1.85. The average Bonchev–Trinajstić information content (AvgIpc) is 2.93. The predicted molar refractivity (Wildman–Crippen MR) is 89.1 cm³/mol. The monoisotopic (exact) mass is 312 g/mol. The summed E-state index contributed by atoms with van der Waals surface area (Å²) in [6.07, 6.45) is 5.10. The highest BCUT2D eigenvalue weighted by Crippen LogP contribution is 2.43. The standard InChI is InChI=1S/C18H24N4O/c1-11-5-4-6-22-14(11)10-20-17(22)18(2,3)21-16(23)15-12-7-13(15)9-19-8-12/h4-6,10,12-13,15,19H,7-9H2,1-3H3,(H,21,23). The Bertz CT molecular complexity index is 749. The quantitative estimate of drug-likeness (QED) is 0.909. The maximum Gasteiger partial charge on any atom is 0.224 e. The molecule has 23 heavy (non-hydrogen) atoms. The Balaban J connectivity index is 1.59. The van der Waals surface area contributed by atoms with Crippen molar-refractivity contribution in [2.75, 3.05) is 13.1 Å². The van der Waals surface area contributed by atoms with Crippen molar-refractivity contribution in [2.24, 2.45) is 17.8 Å². The molecule has 2 fully saturated rings. The summed E-state index contributed by atoms with van der Waals surface area (Å²) in [6, 6.07) is 4.10. The van der Waals surface area contributed by atoms with Crippen LogP contribution < -0.4 is 10.6 Å². The number of amides is 1. The van der Waals surface area contributed by atoms with E-state index in [1.54, 1.807) is 0 Å². The molecule has 2 atom stereocenters. The van der Waals surface area contributed by atoms with Crippen LogP contribution in [0, 0.1) is 24.7 Å². The highest BCUT2D eigenvalue weighted by atomic mass is 16.2. The summed E-state index contributed by atoms with van der Waals surface area (Å²) < 4.78 is 2.08. The topological polar surface area (TPSA) is 58.4 Å². The van der Waals surface area contributed by atoms with E-state index in [4.69, 9.17) is 0 Å². The van der Waals surface area contributed by atoms with Crippen LogP contribution in [0.5, 0.6) is 0 Å². The van der Waals surface area contributed by atoms with E-state index in [9.17, 15) is 4.79 Å². The van der Waals surface area contributed by atoms with Crippen LogP contribution in [0.25, 0.3) is 5.52 Å². The number of nitrogens with zero attached hydrogens (tertiary/aromatic N) is 2. The average molecular weight is 312 g/mol. The van der Waals surface area contributed by atoms with Crippen LogP contribution >= 0.6 is 0 Å². The number of carbonyl (C=O) groups is 1. The third-order valence-corrected chi connectivity index (χ3v) is 5.51. The number of hydrogen-bond donors (Lipinski definition) is 2. The van der Waals surface area contributed by atoms with Gasteiger partial charge in [0.15, 0.2) is 0 Å². The van der Waals surface area contributed by atoms with Gasteiger partial charge in [0, 0.05) is 12.1 Å². The van der Waals surface area contributed by atoms with Gasteiger partial charge >= 0.3 is 0 Å². The molecule has 5 nitrogen and oxygen atoms in total. The van der Waals surface area contributed by atoms with Crippen molar-refractivity contribution >= 4 is 11.4 Å². The summed E-state index contributed by atoms with van der Waals surface area (Å²) >= 11 is 0. The fourth-order valence-electron chi connectivity index (χ4n) is 4.25. The lowest BCUT2D eigenvalue weighted by molar-refractivity contribution is -0.138. The van der Waals surface area contributed by atoms with Crippen LogP contribution in [0.1, 0.15) is 31.7 Å². The molecule has 1 aliphatic heterocycles. The van der Waals surface area contributed by atoms with Gasteiger partial charge in [-0.2, -0.15) is 0 Å². The molecule has 2 bridgehead atoms. The molecule has 0 radical (unpaired) electrons. The molecular weight excluding hydrogens is 288 g/mol. The van der Waals surface area contributed by atoms with Crippen LogP contribution in [0.15, 0.2) is 24.5 Å². The molecule has 0 spiro atoms. The van der Waals surface area contributed by atoms with Crippen molar-refractivity contribution in [3.8, 4) is 0 Å². The smallest absolute Gasteiger partial charge is 0.224 e. The molecule has 122 valence electrons. The van der Waals surface area contributed by atoms with E-state index in [2.05, 4.69) is 33.0 Å². The number of piperidine rings is 2. The normalized spacial score (nSPS) is 26.8. The van der Waals surface area contributed by atoms with E-state index in [-0.39, 0.29) is 11.8 Å². The van der Waals surface area contributed by atoms with Crippen molar-refractivity contribution < 1.29 is 4.79 Å². The van der Waals surface area contributed by atoms with Gasteiger partial charge in [-0.25, -0.2) is 4.98 Å². The van der Waals surface area contributed by atoms with Crippen molar-refractivity contribution in [1.29, 1.82) is 0 Å². The summed E-state index contributed by atoms with van der Waals surface area (Å²) in [5.74, 6) is 2.24. The Hall–Kier alpha value is -1.88. The molecule has 2 unspecified atom stereocenters. The second kappa shape index (κ2) is 5.06. The number of rotatable bonds is 3. The molecule has 4 rings (SSSR count). The first kappa shape index (κ1) is 14.7. The molecule has 3 heterocycles. The molecule has 1 aliphatic carbocycles. The minimum absolute atomic E-state index is 0.170. The van der Waals surface area contributed by atoms with E-state index in [0.717, 1.165) is 24.4 Å². The third-order valence-electron chi connectivity index (χ3n) is 5.51. The van der Waals surface area contributed by atoms with Gasteiger partial charge in [0.2, 0.25) is 5.91 Å². The van der Waals surface area contributed by atoms with E-state index >= 15 is 0 Å². The molecule has 1 amide bonds. The van der Waals surface area contributed by atoms with Crippen LogP contribution in [-0.4, -0.2) is 28.4 Å². The fraction of sp³-hybridized carbons (Fsp3) is 0.556. The number of pyridine rings is 1. The molecule has 2 N–H and O–H groups in total. The largest absolute Gasteiger partial charge is 0.344 e. The minimum Gasteiger partial charge on any atom is -0.344 e. The number of aryl methyl sites for hydroxylation is 1. The van der Waals surface area contributed by atoms with E-state index in [1.807, 2.05) is 32.3 Å². The molecule has 1 saturated carbocycles. The highest BCUT2D eigenvalue weighted by Gasteiger charge is 2.48. The Morgan fingerprint density at radius 3 is 2.83 bits per heavy atom. The summed E-state index contributed by atoms with van der Waals surface area (Å²) in [6.45, 7) is 8.10. The molecule has 2 aromatic rings. The van der Waals surface area contributed by atoms with Gasteiger partial charge in [0.25, 0.3) is 0 Å². The zero-order chi connectivity index (χ0) is 16.2. The second-order valence-corrected chi connectivity index (χ2v) is 7.58. The maximum atomic E-state index is 12.8. The second-order valence-electron chi connectivity index (χ2n) is 7.58. The summed E-state index contributed by atoms with van der Waals surface area (Å²) in [4.78, 5) is 17.4. The van der Waals surface area contributed by atoms with Gasteiger partial charge in [-0.15, -0.1) is 0 Å². The van der Waals surface area contributed by atoms with Crippen LogP contribution in [0.3, 0.4) is 0 Å². The van der Waals surface area contributed by atoms with Crippen LogP contribution in [0.4, 0.5) is 0 Å². The van der Waals surface area contributed by atoms with Gasteiger partial charge < -0.3 is 15.0 Å². The lowest BCUT2D eigenvalue weighted by atomic mass is 9.61. The number of fused-ring (bicyclic) bond motifs is 3. The summed E-state index contributed by atoms with van der Waals surface area (Å²) in [7, 11) is 0. The lowest BCUT2D eigenvalue weighted by Gasteiger charge is -2.49. The maximum absolute atomic E-state index is 12.8.